The Morgan fingerprint density at radius 2 is 2.43 bits per heavy atom. The zero-order chi connectivity index (χ0) is 5.44. The summed E-state index contributed by atoms with van der Waals surface area (Å²) in [5, 5.41) is 6.85. The Morgan fingerprint density at radius 3 is 2.43 bits per heavy atom. The van der Waals surface area contributed by atoms with Gasteiger partial charge in [0.2, 0.25) is 0 Å². The lowest BCUT2D eigenvalue weighted by Crippen LogP contribution is -2.20. The van der Waals surface area contributed by atoms with Gasteiger partial charge in [0.05, 0.1) is 0 Å². The summed E-state index contributed by atoms with van der Waals surface area (Å²) in [7, 11) is 0. The summed E-state index contributed by atoms with van der Waals surface area (Å²) >= 11 is 0. The van der Waals surface area contributed by atoms with E-state index in [-0.39, 0.29) is 5.96 Å². The number of nitrogens with one attached hydrogen (secondary N) is 1. The molecule has 1 saturated heterocycles. The minimum atomic E-state index is 0.201. The maximum absolute atomic E-state index is 6.85. The van der Waals surface area contributed by atoms with Crippen LogP contribution in [0.4, 0.5) is 0 Å². The van der Waals surface area contributed by atoms with Crippen LogP contribution in [0.25, 0.3) is 0 Å². The van der Waals surface area contributed by atoms with Crippen LogP contribution in [0.2, 0.25) is 0 Å². The van der Waals surface area contributed by atoms with E-state index >= 15 is 0 Å². The fourth-order valence-corrected chi connectivity index (χ4v) is 0.573. The van der Waals surface area contributed by atoms with E-state index in [0.29, 0.717) is 6.04 Å². The summed E-state index contributed by atoms with van der Waals surface area (Å²) < 4.78 is 0. The highest BCUT2D eigenvalue weighted by Crippen LogP contribution is 2.13. The van der Waals surface area contributed by atoms with E-state index in [1.54, 1.807) is 0 Å². The summed E-state index contributed by atoms with van der Waals surface area (Å²) in [4.78, 5) is 1.82. The summed E-state index contributed by atoms with van der Waals surface area (Å²) in [5.74, 6) is 0.201. The van der Waals surface area contributed by atoms with Crippen LogP contribution in [-0.4, -0.2) is 23.4 Å². The number of nitrogens with zero attached hydrogens (tertiary/aromatic N) is 1. The second-order valence-corrected chi connectivity index (χ2v) is 1.89. The van der Waals surface area contributed by atoms with Crippen molar-refractivity contribution in [2.45, 2.75) is 13.0 Å². The first-order chi connectivity index (χ1) is 3.22. The van der Waals surface area contributed by atoms with Gasteiger partial charge >= 0.3 is 0 Å². The van der Waals surface area contributed by atoms with Gasteiger partial charge in [0.25, 0.3) is 0 Å². The van der Waals surface area contributed by atoms with E-state index in [9.17, 15) is 0 Å². The van der Waals surface area contributed by atoms with E-state index in [1.165, 1.54) is 0 Å². The van der Waals surface area contributed by atoms with Crippen LogP contribution < -0.4 is 5.73 Å². The van der Waals surface area contributed by atoms with E-state index in [4.69, 9.17) is 11.1 Å². The molecule has 0 aromatic heterocycles. The van der Waals surface area contributed by atoms with Crippen LogP contribution >= 0.6 is 0 Å². The van der Waals surface area contributed by atoms with Crippen LogP contribution in [-0.2, 0) is 0 Å². The van der Waals surface area contributed by atoms with Crippen molar-refractivity contribution in [3.05, 3.63) is 0 Å². The van der Waals surface area contributed by atoms with Gasteiger partial charge in [0.1, 0.15) is 0 Å². The fraction of sp³-hybridized carbons (Fsp3) is 0.750. The summed E-state index contributed by atoms with van der Waals surface area (Å²) in [6.07, 6.45) is 0. The van der Waals surface area contributed by atoms with Gasteiger partial charge in [-0.2, -0.15) is 0 Å². The predicted molar refractivity (Wildman–Crippen MR) is 28.1 cm³/mol. The van der Waals surface area contributed by atoms with Crippen LogP contribution in [0.1, 0.15) is 6.92 Å². The molecule has 1 aliphatic heterocycles. The molecule has 1 unspecified atom stereocenters. The van der Waals surface area contributed by atoms with Crippen molar-refractivity contribution in [2.24, 2.45) is 5.73 Å². The van der Waals surface area contributed by atoms with Gasteiger partial charge in [-0.15, -0.1) is 0 Å². The van der Waals surface area contributed by atoms with Gasteiger partial charge in [-0.25, -0.2) is 0 Å². The molecule has 7 heavy (non-hydrogen) atoms. The Bertz CT molecular complexity index is 99.1. The Kier molecular flexibility index (Phi) is 0.708. The molecule has 0 saturated carbocycles. The van der Waals surface area contributed by atoms with Crippen LogP contribution in [0.5, 0.6) is 0 Å². The Labute approximate surface area is 42.6 Å². The molecule has 0 amide bonds. The molecule has 1 atom stereocenters. The van der Waals surface area contributed by atoms with E-state index in [1.807, 2.05) is 11.8 Å². The van der Waals surface area contributed by atoms with Gasteiger partial charge in [0.15, 0.2) is 5.96 Å². The summed E-state index contributed by atoms with van der Waals surface area (Å²) in [6.45, 7) is 3.01. The normalized spacial score (nSPS) is 27.6. The van der Waals surface area contributed by atoms with Gasteiger partial charge in [-0.3, -0.25) is 5.41 Å². The topological polar surface area (TPSA) is 52.9 Å². The molecule has 0 aromatic rings. The standard InChI is InChI=1S/C4H9N3/c1-3-2-7(3)4(5)6/h3H,2H2,1H3,(H3,5,6). The highest BCUT2D eigenvalue weighted by molar-refractivity contribution is 5.77. The smallest absolute Gasteiger partial charge is 0.188 e. The third-order valence-corrected chi connectivity index (χ3v) is 1.17. The highest BCUT2D eigenvalue weighted by atomic mass is 15.4. The molecule has 1 fully saturated rings. The molecule has 1 rings (SSSR count). The number of rotatable bonds is 0. The lowest BCUT2D eigenvalue weighted by atomic mass is 10.6. The minimum Gasteiger partial charge on any atom is -0.370 e. The number of guanidine groups is 1. The summed E-state index contributed by atoms with van der Waals surface area (Å²) in [6, 6.07) is 0.525. The van der Waals surface area contributed by atoms with E-state index in [0.717, 1.165) is 6.54 Å². The maximum Gasteiger partial charge on any atom is 0.188 e. The second-order valence-electron chi connectivity index (χ2n) is 1.89. The average Bonchev–Trinajstić information content (AvgIpc) is 2.17. The first kappa shape index (κ1) is 4.43. The van der Waals surface area contributed by atoms with E-state index < -0.39 is 0 Å². The first-order valence-corrected chi connectivity index (χ1v) is 2.32. The van der Waals surface area contributed by atoms with Crippen molar-refractivity contribution in [2.75, 3.05) is 6.54 Å². The molecule has 0 aliphatic carbocycles. The molecular weight excluding hydrogens is 90.1 g/mol. The van der Waals surface area contributed by atoms with Crippen LogP contribution in [0, 0.1) is 5.41 Å². The van der Waals surface area contributed by atoms with Crippen LogP contribution in [0.15, 0.2) is 0 Å². The van der Waals surface area contributed by atoms with Crippen molar-refractivity contribution in [3.63, 3.8) is 0 Å². The number of hydrogen-bond donors (Lipinski definition) is 2. The zero-order valence-corrected chi connectivity index (χ0v) is 4.31. The predicted octanol–water partition coefficient (Wildman–Crippen LogP) is -0.416. The average molecular weight is 99.1 g/mol. The molecular formula is C4H9N3. The third-order valence-electron chi connectivity index (χ3n) is 1.17. The molecule has 0 aromatic carbocycles. The molecule has 0 bridgehead atoms. The van der Waals surface area contributed by atoms with Gasteiger partial charge in [-0.1, -0.05) is 0 Å². The van der Waals surface area contributed by atoms with Crippen molar-refractivity contribution >= 4 is 5.96 Å². The molecule has 0 spiro atoms. The molecule has 3 N–H and O–H groups in total. The monoisotopic (exact) mass is 99.1 g/mol. The van der Waals surface area contributed by atoms with E-state index in [2.05, 4.69) is 0 Å². The lowest BCUT2D eigenvalue weighted by molar-refractivity contribution is 0.746. The third kappa shape index (κ3) is 0.656. The maximum atomic E-state index is 6.85. The molecule has 1 heterocycles. The molecule has 1 aliphatic rings. The largest absolute Gasteiger partial charge is 0.370 e. The Hall–Kier alpha value is -0.730. The number of hydrogen-bond acceptors (Lipinski definition) is 1. The van der Waals surface area contributed by atoms with Gasteiger partial charge in [0, 0.05) is 12.6 Å². The quantitative estimate of drug-likeness (QED) is 0.246. The lowest BCUT2D eigenvalue weighted by Gasteiger charge is -1.94. The fourth-order valence-electron chi connectivity index (χ4n) is 0.573. The molecule has 40 valence electrons. The first-order valence-electron chi connectivity index (χ1n) is 2.32. The highest BCUT2D eigenvalue weighted by Gasteiger charge is 2.29. The molecule has 3 nitrogen and oxygen atoms in total. The van der Waals surface area contributed by atoms with Gasteiger partial charge in [-0.05, 0) is 6.92 Å². The molecule has 0 radical (unpaired) electrons. The van der Waals surface area contributed by atoms with Crippen molar-refractivity contribution < 1.29 is 0 Å². The minimum absolute atomic E-state index is 0.201. The molecule has 3 heteroatoms. The summed E-state index contributed by atoms with van der Waals surface area (Å²) in [5.41, 5.74) is 5.10. The van der Waals surface area contributed by atoms with Crippen molar-refractivity contribution in [1.29, 1.82) is 5.41 Å². The number of nitrogens with two attached hydrogens (primary N) is 1. The Morgan fingerprint density at radius 1 is 2.00 bits per heavy atom. The van der Waals surface area contributed by atoms with Crippen LogP contribution in [0.3, 0.4) is 0 Å². The second kappa shape index (κ2) is 1.12. The van der Waals surface area contributed by atoms with Gasteiger partial charge < -0.3 is 10.6 Å². The van der Waals surface area contributed by atoms with Crippen molar-refractivity contribution in [1.82, 2.24) is 4.90 Å². The zero-order valence-electron chi connectivity index (χ0n) is 4.31. The Balaban J connectivity index is 2.33. The SMILES string of the molecule is CC1CN1C(=N)N. The van der Waals surface area contributed by atoms with Crippen molar-refractivity contribution in [3.8, 4) is 0 Å².